The predicted molar refractivity (Wildman–Crippen MR) is 40.3 cm³/mol. The SMILES string of the molecule is N[C@@H]1CCN(P(N)(N)=O)C1=O. The number of carbonyl (C=O) groups excluding carboxylic acids is 1. The normalized spacial score (nSPS) is 26.3. The molecule has 11 heavy (non-hydrogen) atoms. The van der Waals surface area contributed by atoms with Gasteiger partial charge in [-0.1, -0.05) is 0 Å². The Hall–Kier alpha value is -0.420. The van der Waals surface area contributed by atoms with E-state index < -0.39 is 19.5 Å². The summed E-state index contributed by atoms with van der Waals surface area (Å²) in [4.78, 5) is 11.0. The molecule has 0 aromatic carbocycles. The van der Waals surface area contributed by atoms with E-state index in [2.05, 4.69) is 0 Å². The maximum atomic E-state index is 11.0. The molecule has 0 bridgehead atoms. The Kier molecular flexibility index (Phi) is 2.02. The third kappa shape index (κ3) is 1.59. The fourth-order valence-corrected chi connectivity index (χ4v) is 1.88. The molecule has 1 atom stereocenters. The average Bonchev–Trinajstić information content (AvgIpc) is 2.11. The zero-order chi connectivity index (χ0) is 8.65. The Morgan fingerprint density at radius 2 is 2.09 bits per heavy atom. The number of rotatable bonds is 1. The first-order valence-electron chi connectivity index (χ1n) is 3.17. The summed E-state index contributed by atoms with van der Waals surface area (Å²) in [5.74, 6) is -0.418. The van der Waals surface area contributed by atoms with Gasteiger partial charge in [0.15, 0.2) is 0 Å². The fraction of sp³-hybridized carbons (Fsp3) is 0.750. The summed E-state index contributed by atoms with van der Waals surface area (Å²) >= 11 is 0. The van der Waals surface area contributed by atoms with Gasteiger partial charge in [-0.2, -0.15) is 0 Å². The van der Waals surface area contributed by atoms with Crippen LogP contribution < -0.4 is 16.7 Å². The van der Waals surface area contributed by atoms with Crippen molar-refractivity contribution >= 4 is 13.5 Å². The van der Waals surface area contributed by atoms with E-state index in [9.17, 15) is 9.36 Å². The molecule has 6 nitrogen and oxygen atoms in total. The van der Waals surface area contributed by atoms with E-state index in [1.807, 2.05) is 0 Å². The summed E-state index contributed by atoms with van der Waals surface area (Å²) in [6.45, 7) is 0.296. The Morgan fingerprint density at radius 1 is 1.55 bits per heavy atom. The number of nitrogens with zero attached hydrogens (tertiary/aromatic N) is 1. The van der Waals surface area contributed by atoms with Crippen molar-refractivity contribution < 1.29 is 9.36 Å². The van der Waals surface area contributed by atoms with Crippen LogP contribution in [0.15, 0.2) is 0 Å². The molecule has 0 aromatic heterocycles. The van der Waals surface area contributed by atoms with Crippen LogP contribution >= 0.6 is 7.59 Å². The number of nitrogens with two attached hydrogens (primary N) is 3. The maximum Gasteiger partial charge on any atom is 0.302 e. The lowest BCUT2D eigenvalue weighted by molar-refractivity contribution is -0.124. The van der Waals surface area contributed by atoms with Crippen LogP contribution in [-0.2, 0) is 9.36 Å². The molecule has 0 aromatic rings. The quantitative estimate of drug-likeness (QED) is 0.426. The molecule has 0 unspecified atom stereocenters. The lowest BCUT2D eigenvalue weighted by atomic mass is 10.3. The molecule has 6 N–H and O–H groups in total. The van der Waals surface area contributed by atoms with E-state index in [-0.39, 0.29) is 0 Å². The molecular formula is C4H11N4O2P. The van der Waals surface area contributed by atoms with Crippen molar-refractivity contribution in [1.82, 2.24) is 4.67 Å². The molecule has 1 aliphatic heterocycles. The summed E-state index contributed by atoms with van der Waals surface area (Å²) in [6, 6.07) is -0.588. The lowest BCUT2D eigenvalue weighted by Gasteiger charge is -2.19. The highest BCUT2D eigenvalue weighted by atomic mass is 31.2. The highest BCUT2D eigenvalue weighted by Crippen LogP contribution is 2.35. The predicted octanol–water partition coefficient (Wildman–Crippen LogP) is -1.43. The van der Waals surface area contributed by atoms with E-state index in [0.717, 1.165) is 4.67 Å². The zero-order valence-corrected chi connectivity index (χ0v) is 6.83. The van der Waals surface area contributed by atoms with Gasteiger partial charge in [-0.05, 0) is 6.42 Å². The van der Waals surface area contributed by atoms with Gasteiger partial charge in [0.05, 0.1) is 6.04 Å². The zero-order valence-electron chi connectivity index (χ0n) is 5.93. The Balaban J connectivity index is 2.78. The van der Waals surface area contributed by atoms with Crippen molar-refractivity contribution in [2.24, 2.45) is 16.7 Å². The molecule has 0 spiro atoms. The van der Waals surface area contributed by atoms with Crippen LogP contribution in [0.4, 0.5) is 0 Å². The van der Waals surface area contributed by atoms with Crippen LogP contribution in [0.5, 0.6) is 0 Å². The molecule has 1 aliphatic rings. The van der Waals surface area contributed by atoms with Gasteiger partial charge in [-0.15, -0.1) is 0 Å². The molecule has 0 radical (unpaired) electrons. The number of carbonyl (C=O) groups is 1. The molecule has 1 rings (SSSR count). The van der Waals surface area contributed by atoms with E-state index in [1.165, 1.54) is 0 Å². The third-order valence-electron chi connectivity index (χ3n) is 1.60. The smallest absolute Gasteiger partial charge is 0.302 e. The topological polar surface area (TPSA) is 115 Å². The van der Waals surface area contributed by atoms with E-state index >= 15 is 0 Å². The van der Waals surface area contributed by atoms with Crippen molar-refractivity contribution in [3.8, 4) is 0 Å². The van der Waals surface area contributed by atoms with Crippen LogP contribution in [0.2, 0.25) is 0 Å². The number of hydrogen-bond donors (Lipinski definition) is 3. The first-order valence-corrected chi connectivity index (χ1v) is 4.97. The number of hydrogen-bond acceptors (Lipinski definition) is 3. The van der Waals surface area contributed by atoms with E-state index in [1.54, 1.807) is 0 Å². The Labute approximate surface area is 64.2 Å². The van der Waals surface area contributed by atoms with Crippen molar-refractivity contribution in [2.45, 2.75) is 12.5 Å². The van der Waals surface area contributed by atoms with Gasteiger partial charge in [0.1, 0.15) is 0 Å². The second-order valence-corrected chi connectivity index (χ2v) is 4.36. The van der Waals surface area contributed by atoms with Crippen molar-refractivity contribution in [1.29, 1.82) is 0 Å². The van der Waals surface area contributed by atoms with Gasteiger partial charge in [-0.25, -0.2) is 0 Å². The van der Waals surface area contributed by atoms with Gasteiger partial charge in [0, 0.05) is 6.54 Å². The van der Waals surface area contributed by atoms with Gasteiger partial charge in [0.2, 0.25) is 5.91 Å². The van der Waals surface area contributed by atoms with Crippen LogP contribution in [-0.4, -0.2) is 23.2 Å². The summed E-state index contributed by atoms with van der Waals surface area (Å²) in [7, 11) is -3.40. The summed E-state index contributed by atoms with van der Waals surface area (Å²) in [6.07, 6.45) is 0.469. The van der Waals surface area contributed by atoms with Gasteiger partial charge in [0.25, 0.3) is 0 Å². The summed E-state index contributed by atoms with van der Waals surface area (Å²) < 4.78 is 11.9. The second-order valence-electron chi connectivity index (χ2n) is 2.53. The fourth-order valence-electron chi connectivity index (χ4n) is 0.997. The van der Waals surface area contributed by atoms with E-state index in [0.29, 0.717) is 13.0 Å². The Morgan fingerprint density at radius 3 is 2.27 bits per heavy atom. The van der Waals surface area contributed by atoms with E-state index in [4.69, 9.17) is 16.7 Å². The molecule has 1 heterocycles. The minimum absolute atomic E-state index is 0.296. The maximum absolute atomic E-state index is 11.0. The van der Waals surface area contributed by atoms with Crippen LogP contribution in [0.25, 0.3) is 0 Å². The molecule has 1 fully saturated rings. The van der Waals surface area contributed by atoms with Gasteiger partial charge < -0.3 is 5.73 Å². The van der Waals surface area contributed by atoms with Crippen LogP contribution in [0.3, 0.4) is 0 Å². The summed E-state index contributed by atoms with van der Waals surface area (Å²) in [5.41, 5.74) is 15.5. The molecule has 0 saturated carbocycles. The van der Waals surface area contributed by atoms with Crippen molar-refractivity contribution in [2.75, 3.05) is 6.54 Å². The van der Waals surface area contributed by atoms with Crippen LogP contribution in [0, 0.1) is 0 Å². The monoisotopic (exact) mass is 178 g/mol. The summed E-state index contributed by atoms with van der Waals surface area (Å²) in [5, 5.41) is 0. The van der Waals surface area contributed by atoms with Crippen molar-refractivity contribution in [3.63, 3.8) is 0 Å². The van der Waals surface area contributed by atoms with Crippen molar-refractivity contribution in [3.05, 3.63) is 0 Å². The van der Waals surface area contributed by atoms with Gasteiger partial charge >= 0.3 is 7.59 Å². The molecule has 0 aliphatic carbocycles. The Bertz CT molecular complexity index is 224. The minimum atomic E-state index is -3.40. The number of amides is 1. The standard InChI is InChI=1S/C4H11N4O2P/c5-3-1-2-8(4(3)9)11(6,7)10/h3H,1-2,5H2,(H4,6,7,10)/t3-/m1/s1. The third-order valence-corrected chi connectivity index (χ3v) is 2.75. The average molecular weight is 178 g/mol. The molecule has 1 amide bonds. The second kappa shape index (κ2) is 2.57. The van der Waals surface area contributed by atoms with Crippen LogP contribution in [0.1, 0.15) is 6.42 Å². The molecule has 64 valence electrons. The highest BCUT2D eigenvalue weighted by Gasteiger charge is 2.36. The lowest BCUT2D eigenvalue weighted by Crippen LogP contribution is -2.36. The highest BCUT2D eigenvalue weighted by molar-refractivity contribution is 7.57. The first-order chi connectivity index (χ1) is 4.93. The largest absolute Gasteiger partial charge is 0.320 e. The van der Waals surface area contributed by atoms with Gasteiger partial charge in [-0.3, -0.25) is 25.0 Å². The molecule has 7 heteroatoms. The first kappa shape index (κ1) is 8.67. The molecule has 1 saturated heterocycles. The molecular weight excluding hydrogens is 167 g/mol. The minimum Gasteiger partial charge on any atom is -0.320 e.